The van der Waals surface area contributed by atoms with E-state index in [1.807, 2.05) is 31.2 Å². The van der Waals surface area contributed by atoms with E-state index >= 15 is 0 Å². The normalized spacial score (nSPS) is 11.5. The van der Waals surface area contributed by atoms with Crippen molar-refractivity contribution >= 4 is 17.6 Å². The molecule has 0 saturated heterocycles. The molecule has 0 radical (unpaired) electrons. The summed E-state index contributed by atoms with van der Waals surface area (Å²) >= 11 is 1.65. The molecular formula is C13H14N4OS. The summed E-state index contributed by atoms with van der Waals surface area (Å²) in [6.45, 7) is 2.00. The third-order valence-electron chi connectivity index (χ3n) is 2.68. The minimum Gasteiger partial charge on any atom is -0.409 e. The number of nitrogens with zero attached hydrogens (tertiary/aromatic N) is 3. The van der Waals surface area contributed by atoms with Gasteiger partial charge in [0.25, 0.3) is 0 Å². The van der Waals surface area contributed by atoms with Crippen molar-refractivity contribution in [3.63, 3.8) is 0 Å². The van der Waals surface area contributed by atoms with Crippen molar-refractivity contribution in [3.8, 4) is 0 Å². The molecule has 0 aliphatic heterocycles. The summed E-state index contributed by atoms with van der Waals surface area (Å²) < 4.78 is 0. The van der Waals surface area contributed by atoms with E-state index in [4.69, 9.17) is 10.9 Å². The van der Waals surface area contributed by atoms with Gasteiger partial charge in [0.2, 0.25) is 0 Å². The molecule has 0 atom stereocenters. The van der Waals surface area contributed by atoms with E-state index in [2.05, 4.69) is 15.1 Å². The van der Waals surface area contributed by atoms with Gasteiger partial charge >= 0.3 is 0 Å². The molecule has 98 valence electrons. The van der Waals surface area contributed by atoms with E-state index in [1.54, 1.807) is 18.0 Å². The van der Waals surface area contributed by atoms with Gasteiger partial charge in [0.15, 0.2) is 5.84 Å². The lowest BCUT2D eigenvalue weighted by atomic mass is 10.1. The van der Waals surface area contributed by atoms with Crippen LogP contribution in [0, 0.1) is 6.92 Å². The molecule has 0 aliphatic carbocycles. The van der Waals surface area contributed by atoms with Crippen molar-refractivity contribution < 1.29 is 5.21 Å². The van der Waals surface area contributed by atoms with Crippen LogP contribution >= 0.6 is 11.8 Å². The van der Waals surface area contributed by atoms with Gasteiger partial charge in [-0.2, -0.15) is 0 Å². The number of oxime groups is 1. The molecule has 5 nitrogen and oxygen atoms in total. The molecule has 0 amide bonds. The maximum absolute atomic E-state index is 8.65. The zero-order chi connectivity index (χ0) is 13.7. The summed E-state index contributed by atoms with van der Waals surface area (Å²) in [4.78, 5) is 8.05. The largest absolute Gasteiger partial charge is 0.409 e. The van der Waals surface area contributed by atoms with Gasteiger partial charge in [0, 0.05) is 17.5 Å². The Labute approximate surface area is 115 Å². The third kappa shape index (κ3) is 3.45. The molecule has 0 aliphatic rings. The maximum atomic E-state index is 8.65. The lowest BCUT2D eigenvalue weighted by Gasteiger charge is -2.07. The number of amidine groups is 1. The molecule has 2 rings (SSSR count). The zero-order valence-electron chi connectivity index (χ0n) is 10.4. The number of benzene rings is 1. The number of hydrogen-bond acceptors (Lipinski definition) is 5. The van der Waals surface area contributed by atoms with Crippen molar-refractivity contribution in [3.05, 3.63) is 53.5 Å². The van der Waals surface area contributed by atoms with Gasteiger partial charge in [-0.15, -0.1) is 11.8 Å². The second-order valence-electron chi connectivity index (χ2n) is 3.96. The lowest BCUT2D eigenvalue weighted by molar-refractivity contribution is 0.318. The van der Waals surface area contributed by atoms with E-state index in [1.165, 1.54) is 11.9 Å². The Bertz CT molecular complexity index is 586. The van der Waals surface area contributed by atoms with Crippen LogP contribution in [0.1, 0.15) is 16.7 Å². The average Bonchev–Trinajstić information content (AvgIpc) is 2.46. The molecule has 1 heterocycles. The molecule has 6 heteroatoms. The van der Waals surface area contributed by atoms with Gasteiger partial charge in [-0.3, -0.25) is 0 Å². The lowest BCUT2D eigenvalue weighted by Crippen LogP contribution is -2.13. The first kappa shape index (κ1) is 13.4. The predicted octanol–water partition coefficient (Wildman–Crippen LogP) is 2.17. The van der Waals surface area contributed by atoms with Crippen molar-refractivity contribution in [2.45, 2.75) is 17.7 Å². The first-order chi connectivity index (χ1) is 9.20. The smallest absolute Gasteiger partial charge is 0.170 e. The van der Waals surface area contributed by atoms with Crippen molar-refractivity contribution in [1.82, 2.24) is 9.97 Å². The zero-order valence-corrected chi connectivity index (χ0v) is 11.3. The monoisotopic (exact) mass is 274 g/mol. The molecule has 19 heavy (non-hydrogen) atoms. The van der Waals surface area contributed by atoms with Crippen LogP contribution in [-0.2, 0) is 5.75 Å². The Morgan fingerprint density at radius 1 is 1.42 bits per heavy atom. The minimum absolute atomic E-state index is 0.123. The summed E-state index contributed by atoms with van der Waals surface area (Å²) in [6.07, 6.45) is 3.26. The Kier molecular flexibility index (Phi) is 4.35. The average molecular weight is 274 g/mol. The number of nitrogens with two attached hydrogens (primary N) is 1. The quantitative estimate of drug-likeness (QED) is 0.223. The standard InChI is InChI=1S/C13H14N4OS/c1-9-6-10(13(14)17-18)2-3-11(9)7-19-12-4-5-15-8-16-12/h2-6,8,18H,7H2,1H3,(H2,14,17). The molecule has 0 bridgehead atoms. The van der Waals surface area contributed by atoms with E-state index in [0.717, 1.165) is 21.9 Å². The molecule has 3 N–H and O–H groups in total. The second-order valence-corrected chi connectivity index (χ2v) is 4.96. The molecule has 0 unspecified atom stereocenters. The van der Waals surface area contributed by atoms with E-state index in [0.29, 0.717) is 0 Å². The Hall–Kier alpha value is -2.08. The summed E-state index contributed by atoms with van der Waals surface area (Å²) in [7, 11) is 0. The summed E-state index contributed by atoms with van der Waals surface area (Å²) in [5, 5.41) is 12.6. The van der Waals surface area contributed by atoms with Crippen molar-refractivity contribution in [1.29, 1.82) is 0 Å². The van der Waals surface area contributed by atoms with Crippen LogP contribution in [0.15, 0.2) is 47.0 Å². The SMILES string of the molecule is Cc1cc(/C(N)=N/O)ccc1CSc1ccncn1. The number of aryl methyl sites for hydroxylation is 1. The number of rotatable bonds is 4. The van der Waals surface area contributed by atoms with Crippen LogP contribution in [0.2, 0.25) is 0 Å². The van der Waals surface area contributed by atoms with Crippen molar-refractivity contribution in [2.75, 3.05) is 0 Å². The summed E-state index contributed by atoms with van der Waals surface area (Å²) in [6, 6.07) is 7.62. The molecule has 2 aromatic rings. The van der Waals surface area contributed by atoms with Gasteiger partial charge in [0.05, 0.1) is 5.03 Å². The highest BCUT2D eigenvalue weighted by molar-refractivity contribution is 7.98. The summed E-state index contributed by atoms with van der Waals surface area (Å²) in [5.41, 5.74) is 8.57. The molecular weight excluding hydrogens is 260 g/mol. The van der Waals surface area contributed by atoms with Gasteiger partial charge in [-0.05, 0) is 30.2 Å². The third-order valence-corrected chi connectivity index (χ3v) is 3.67. The van der Waals surface area contributed by atoms with Crippen LogP contribution in [-0.4, -0.2) is 21.0 Å². The van der Waals surface area contributed by atoms with Crippen LogP contribution in [0.25, 0.3) is 0 Å². The first-order valence-corrected chi connectivity index (χ1v) is 6.65. The van der Waals surface area contributed by atoms with Gasteiger partial charge < -0.3 is 10.9 Å². The maximum Gasteiger partial charge on any atom is 0.170 e. The van der Waals surface area contributed by atoms with Gasteiger partial charge in [-0.25, -0.2) is 9.97 Å². The highest BCUT2D eigenvalue weighted by atomic mass is 32.2. The van der Waals surface area contributed by atoms with Gasteiger partial charge in [0.1, 0.15) is 6.33 Å². The second kappa shape index (κ2) is 6.19. The molecule has 0 spiro atoms. The first-order valence-electron chi connectivity index (χ1n) is 5.67. The minimum atomic E-state index is 0.123. The van der Waals surface area contributed by atoms with E-state index < -0.39 is 0 Å². The Balaban J connectivity index is 2.10. The number of hydrogen-bond donors (Lipinski definition) is 2. The molecule has 0 saturated carbocycles. The van der Waals surface area contributed by atoms with E-state index in [-0.39, 0.29) is 5.84 Å². The Morgan fingerprint density at radius 2 is 2.26 bits per heavy atom. The topological polar surface area (TPSA) is 84.4 Å². The molecule has 1 aromatic carbocycles. The molecule has 0 fully saturated rings. The predicted molar refractivity (Wildman–Crippen MR) is 75.3 cm³/mol. The number of thioether (sulfide) groups is 1. The van der Waals surface area contributed by atoms with Crippen molar-refractivity contribution in [2.24, 2.45) is 10.9 Å². The summed E-state index contributed by atoms with van der Waals surface area (Å²) in [5.74, 6) is 0.942. The highest BCUT2D eigenvalue weighted by Crippen LogP contribution is 2.22. The van der Waals surface area contributed by atoms with Crippen LogP contribution < -0.4 is 5.73 Å². The highest BCUT2D eigenvalue weighted by Gasteiger charge is 2.04. The van der Waals surface area contributed by atoms with Crippen LogP contribution in [0.3, 0.4) is 0 Å². The van der Waals surface area contributed by atoms with Gasteiger partial charge in [-0.1, -0.05) is 17.3 Å². The molecule has 1 aromatic heterocycles. The number of aromatic nitrogens is 2. The van der Waals surface area contributed by atoms with Crippen LogP contribution in [0.5, 0.6) is 0 Å². The van der Waals surface area contributed by atoms with Crippen LogP contribution in [0.4, 0.5) is 0 Å². The fourth-order valence-electron chi connectivity index (χ4n) is 1.59. The fraction of sp³-hybridized carbons (Fsp3) is 0.154. The fourth-order valence-corrected chi connectivity index (χ4v) is 2.50. The Morgan fingerprint density at radius 3 is 2.89 bits per heavy atom. The van der Waals surface area contributed by atoms with E-state index in [9.17, 15) is 0 Å².